The van der Waals surface area contributed by atoms with E-state index in [4.69, 9.17) is 4.98 Å². The van der Waals surface area contributed by atoms with Crippen molar-refractivity contribution in [2.75, 3.05) is 6.54 Å². The number of hydrogen-bond acceptors (Lipinski definition) is 4. The zero-order valence-corrected chi connectivity index (χ0v) is 13.8. The first-order valence-corrected chi connectivity index (χ1v) is 9.35. The zero-order valence-electron chi connectivity index (χ0n) is 12.2. The maximum absolute atomic E-state index is 4.83. The minimum Gasteiger partial charge on any atom is -0.384 e. The quantitative estimate of drug-likeness (QED) is 0.720. The second-order valence-electron chi connectivity index (χ2n) is 5.28. The maximum Gasteiger partial charge on any atom is 0.195 e. The van der Waals surface area contributed by atoms with Crippen molar-refractivity contribution in [3.8, 4) is 0 Å². The van der Waals surface area contributed by atoms with Gasteiger partial charge in [0.25, 0.3) is 0 Å². The normalized spacial score (nSPS) is 14.8. The van der Waals surface area contributed by atoms with E-state index in [0.29, 0.717) is 0 Å². The molecule has 3 nitrogen and oxygen atoms in total. The van der Waals surface area contributed by atoms with Gasteiger partial charge in [0.2, 0.25) is 0 Å². The van der Waals surface area contributed by atoms with Gasteiger partial charge in [-0.15, -0.1) is 11.3 Å². The number of thioether (sulfide) groups is 1. The van der Waals surface area contributed by atoms with Crippen molar-refractivity contribution in [2.24, 2.45) is 0 Å². The number of nitrogens with one attached hydrogen (secondary N) is 1. The van der Waals surface area contributed by atoms with Gasteiger partial charge in [-0.2, -0.15) is 0 Å². The highest BCUT2D eigenvalue weighted by Gasteiger charge is 2.18. The molecule has 112 valence electrons. The van der Waals surface area contributed by atoms with E-state index in [9.17, 15) is 0 Å². The molecule has 3 heterocycles. The molecular weight excluding hydrogens is 310 g/mol. The number of hydrogen-bond donors (Lipinski definition) is 1. The summed E-state index contributed by atoms with van der Waals surface area (Å²) in [5.41, 5.74) is 3.78. The number of thiazole rings is 1. The third kappa shape index (κ3) is 2.66. The number of nitrogens with zero attached hydrogens (tertiary/aromatic N) is 2. The second-order valence-corrected chi connectivity index (χ2v) is 7.12. The smallest absolute Gasteiger partial charge is 0.195 e. The SMILES string of the molecule is C1=C(c2c(SCc3ccccc3)nc3sccn23)NCCC1. The van der Waals surface area contributed by atoms with Crippen LogP contribution in [0.3, 0.4) is 0 Å². The van der Waals surface area contributed by atoms with Crippen LogP contribution < -0.4 is 5.32 Å². The highest BCUT2D eigenvalue weighted by molar-refractivity contribution is 7.98. The third-order valence-corrected chi connectivity index (χ3v) is 5.54. The molecule has 1 aromatic carbocycles. The van der Waals surface area contributed by atoms with Crippen LogP contribution in [0.4, 0.5) is 0 Å². The summed E-state index contributed by atoms with van der Waals surface area (Å²) in [6.07, 6.45) is 6.77. The maximum atomic E-state index is 4.83. The van der Waals surface area contributed by atoms with Crippen LogP contribution in [0.2, 0.25) is 0 Å². The Bertz CT molecular complexity index is 802. The monoisotopic (exact) mass is 327 g/mol. The zero-order chi connectivity index (χ0) is 14.8. The van der Waals surface area contributed by atoms with E-state index < -0.39 is 0 Å². The van der Waals surface area contributed by atoms with Gasteiger partial charge in [-0.05, 0) is 18.4 Å². The molecule has 0 bridgehead atoms. The predicted molar refractivity (Wildman–Crippen MR) is 94.3 cm³/mol. The molecule has 0 spiro atoms. The van der Waals surface area contributed by atoms with Crippen molar-refractivity contribution in [1.29, 1.82) is 0 Å². The van der Waals surface area contributed by atoms with Gasteiger partial charge in [0.1, 0.15) is 10.7 Å². The van der Waals surface area contributed by atoms with E-state index in [1.807, 2.05) is 11.8 Å². The molecule has 1 aliphatic heterocycles. The van der Waals surface area contributed by atoms with E-state index in [0.717, 1.165) is 28.7 Å². The summed E-state index contributed by atoms with van der Waals surface area (Å²) in [5.74, 6) is 0.950. The molecule has 0 saturated heterocycles. The lowest BCUT2D eigenvalue weighted by Crippen LogP contribution is -2.18. The van der Waals surface area contributed by atoms with E-state index in [-0.39, 0.29) is 0 Å². The van der Waals surface area contributed by atoms with Crippen LogP contribution in [-0.4, -0.2) is 15.9 Å². The topological polar surface area (TPSA) is 29.3 Å². The number of rotatable bonds is 4. The Labute approximate surface area is 138 Å². The average molecular weight is 327 g/mol. The van der Waals surface area contributed by atoms with Crippen molar-refractivity contribution in [2.45, 2.75) is 23.6 Å². The summed E-state index contributed by atoms with van der Waals surface area (Å²) >= 11 is 3.51. The molecule has 0 fully saturated rings. The Morgan fingerprint density at radius 2 is 2.18 bits per heavy atom. The lowest BCUT2D eigenvalue weighted by Gasteiger charge is -2.16. The van der Waals surface area contributed by atoms with Crippen LogP contribution in [0.25, 0.3) is 10.7 Å². The van der Waals surface area contributed by atoms with Gasteiger partial charge in [-0.25, -0.2) is 4.98 Å². The van der Waals surface area contributed by atoms with Gasteiger partial charge in [0, 0.05) is 23.9 Å². The molecule has 1 aliphatic rings. The second kappa shape index (κ2) is 6.18. The first kappa shape index (κ1) is 13.9. The lowest BCUT2D eigenvalue weighted by molar-refractivity contribution is 0.737. The summed E-state index contributed by atoms with van der Waals surface area (Å²) in [7, 11) is 0. The summed E-state index contributed by atoms with van der Waals surface area (Å²) < 4.78 is 2.21. The number of benzene rings is 1. The fraction of sp³-hybridized carbons (Fsp3) is 0.235. The highest BCUT2D eigenvalue weighted by atomic mass is 32.2. The van der Waals surface area contributed by atoms with Crippen molar-refractivity contribution in [3.63, 3.8) is 0 Å². The highest BCUT2D eigenvalue weighted by Crippen LogP contribution is 2.32. The van der Waals surface area contributed by atoms with Crippen molar-refractivity contribution >= 4 is 33.8 Å². The fourth-order valence-electron chi connectivity index (χ4n) is 2.66. The molecule has 4 rings (SSSR count). The van der Waals surface area contributed by atoms with E-state index >= 15 is 0 Å². The van der Waals surface area contributed by atoms with Gasteiger partial charge >= 0.3 is 0 Å². The van der Waals surface area contributed by atoms with Crippen LogP contribution in [0, 0.1) is 0 Å². The minimum atomic E-state index is 0.950. The molecular formula is C17H17N3S2. The molecule has 0 radical (unpaired) electrons. The van der Waals surface area contributed by atoms with Crippen LogP contribution in [0.1, 0.15) is 24.1 Å². The summed E-state index contributed by atoms with van der Waals surface area (Å²) in [4.78, 5) is 5.89. The standard InChI is InChI=1S/C17H17N3S2/c1-2-6-13(7-3-1)12-22-16-15(14-8-4-5-9-18-14)20-10-11-21-17(20)19-16/h1-3,6-8,10-11,18H,4-5,9,12H2. The Morgan fingerprint density at radius 3 is 3.00 bits per heavy atom. The minimum absolute atomic E-state index is 0.950. The Morgan fingerprint density at radius 1 is 1.27 bits per heavy atom. The molecule has 3 aromatic rings. The summed E-state index contributed by atoms with van der Waals surface area (Å²) in [5, 5.41) is 6.75. The van der Waals surface area contributed by atoms with Gasteiger partial charge < -0.3 is 5.32 Å². The molecule has 0 saturated carbocycles. The van der Waals surface area contributed by atoms with Crippen LogP contribution in [0.5, 0.6) is 0 Å². The molecule has 0 atom stereocenters. The first-order valence-electron chi connectivity index (χ1n) is 7.48. The van der Waals surface area contributed by atoms with Crippen LogP contribution >= 0.6 is 23.1 Å². The van der Waals surface area contributed by atoms with Gasteiger partial charge in [-0.1, -0.05) is 48.2 Å². The summed E-state index contributed by atoms with van der Waals surface area (Å²) in [6.45, 7) is 1.05. The third-order valence-electron chi connectivity index (χ3n) is 3.75. The van der Waals surface area contributed by atoms with E-state index in [1.54, 1.807) is 11.3 Å². The molecule has 0 amide bonds. The number of aromatic nitrogens is 2. The lowest BCUT2D eigenvalue weighted by atomic mass is 10.1. The number of imidazole rings is 1. The Kier molecular flexibility index (Phi) is 3.91. The molecule has 0 aliphatic carbocycles. The number of fused-ring (bicyclic) bond motifs is 1. The molecule has 22 heavy (non-hydrogen) atoms. The van der Waals surface area contributed by atoms with Gasteiger partial charge in [0.15, 0.2) is 4.96 Å². The van der Waals surface area contributed by atoms with Crippen LogP contribution in [-0.2, 0) is 5.75 Å². The molecule has 0 unspecified atom stereocenters. The Hall–Kier alpha value is -1.72. The number of allylic oxidation sites excluding steroid dienone is 1. The van der Waals surface area contributed by atoms with Crippen molar-refractivity contribution < 1.29 is 0 Å². The Balaban J connectivity index is 1.67. The largest absolute Gasteiger partial charge is 0.384 e. The fourth-order valence-corrected chi connectivity index (χ4v) is 4.43. The molecule has 2 aromatic heterocycles. The van der Waals surface area contributed by atoms with Crippen molar-refractivity contribution in [3.05, 3.63) is 59.2 Å². The van der Waals surface area contributed by atoms with Gasteiger partial charge in [-0.3, -0.25) is 4.40 Å². The summed E-state index contributed by atoms with van der Waals surface area (Å²) in [6, 6.07) is 10.6. The molecule has 1 N–H and O–H groups in total. The predicted octanol–water partition coefficient (Wildman–Crippen LogP) is 4.41. The average Bonchev–Trinajstić information content (AvgIpc) is 3.15. The van der Waals surface area contributed by atoms with Crippen LogP contribution in [0.15, 0.2) is 53.0 Å². The molecule has 5 heteroatoms. The van der Waals surface area contributed by atoms with E-state index in [1.165, 1.54) is 23.4 Å². The van der Waals surface area contributed by atoms with Gasteiger partial charge in [0.05, 0.1) is 5.70 Å². The first-order chi connectivity index (χ1) is 10.9. The van der Waals surface area contributed by atoms with Crippen molar-refractivity contribution in [1.82, 2.24) is 14.7 Å². The van der Waals surface area contributed by atoms with E-state index in [2.05, 4.69) is 57.7 Å².